The van der Waals surface area contributed by atoms with Crippen molar-refractivity contribution in [1.82, 2.24) is 4.98 Å². The number of carbonyl (C=O) groups is 1. The number of aromatic nitrogens is 1. The third kappa shape index (κ3) is 3.46. The monoisotopic (exact) mass is 352 g/mol. The van der Waals surface area contributed by atoms with Crippen LogP contribution in [0.2, 0.25) is 0 Å². The molecule has 4 rings (SSSR count). The van der Waals surface area contributed by atoms with Crippen LogP contribution in [0.15, 0.2) is 47.8 Å². The van der Waals surface area contributed by atoms with Crippen molar-refractivity contribution >= 4 is 22.4 Å². The van der Waals surface area contributed by atoms with Crippen LogP contribution in [0.1, 0.15) is 34.3 Å². The minimum atomic E-state index is -0.278. The third-order valence-electron chi connectivity index (χ3n) is 4.48. The number of thiazole rings is 1. The van der Waals surface area contributed by atoms with E-state index in [-0.39, 0.29) is 11.7 Å². The molecule has 0 spiro atoms. The average Bonchev–Trinajstić information content (AvgIpc) is 3.10. The number of carbonyl (C=O) groups excluding carboxylic acids is 1. The third-order valence-corrected chi connectivity index (χ3v) is 5.23. The summed E-state index contributed by atoms with van der Waals surface area (Å²) in [6.45, 7) is 0. The number of fused-ring (bicyclic) bond motifs is 1. The molecule has 5 heteroatoms. The molecule has 0 radical (unpaired) electrons. The number of aryl methyl sites for hydroxylation is 2. The van der Waals surface area contributed by atoms with Crippen molar-refractivity contribution in [2.24, 2.45) is 0 Å². The SMILES string of the molecule is O=C(Nc1nc(-c2ccc(F)cc2)cs1)c1ccc2c(c1)CCCC2. The Labute approximate surface area is 149 Å². The molecule has 3 aromatic rings. The van der Waals surface area contributed by atoms with E-state index in [0.717, 1.165) is 24.1 Å². The van der Waals surface area contributed by atoms with Crippen molar-refractivity contribution in [3.8, 4) is 11.3 Å². The summed E-state index contributed by atoms with van der Waals surface area (Å²) in [4.78, 5) is 16.9. The highest BCUT2D eigenvalue weighted by atomic mass is 32.1. The molecule has 0 atom stereocenters. The van der Waals surface area contributed by atoms with Crippen LogP contribution in [-0.4, -0.2) is 10.9 Å². The largest absolute Gasteiger partial charge is 0.298 e. The maximum Gasteiger partial charge on any atom is 0.257 e. The van der Waals surface area contributed by atoms with Crippen LogP contribution in [0.3, 0.4) is 0 Å². The van der Waals surface area contributed by atoms with E-state index in [1.165, 1.54) is 47.4 Å². The molecule has 1 amide bonds. The lowest BCUT2D eigenvalue weighted by atomic mass is 9.90. The van der Waals surface area contributed by atoms with Gasteiger partial charge < -0.3 is 0 Å². The Bertz CT molecular complexity index is 918. The Morgan fingerprint density at radius 1 is 1.04 bits per heavy atom. The zero-order valence-electron chi connectivity index (χ0n) is 13.6. The molecule has 0 saturated heterocycles. The maximum atomic E-state index is 13.0. The topological polar surface area (TPSA) is 42.0 Å². The van der Waals surface area contributed by atoms with E-state index >= 15 is 0 Å². The van der Waals surface area contributed by atoms with Crippen LogP contribution in [-0.2, 0) is 12.8 Å². The van der Waals surface area contributed by atoms with E-state index in [0.29, 0.717) is 10.7 Å². The molecule has 3 nitrogen and oxygen atoms in total. The van der Waals surface area contributed by atoms with Gasteiger partial charge >= 0.3 is 0 Å². The number of hydrogen-bond donors (Lipinski definition) is 1. The second-order valence-corrected chi connectivity index (χ2v) is 7.05. The Hall–Kier alpha value is -2.53. The molecule has 0 fully saturated rings. The number of halogens is 1. The molecular weight excluding hydrogens is 335 g/mol. The quantitative estimate of drug-likeness (QED) is 0.714. The van der Waals surface area contributed by atoms with E-state index < -0.39 is 0 Å². The zero-order valence-corrected chi connectivity index (χ0v) is 14.4. The summed E-state index contributed by atoms with van der Waals surface area (Å²) < 4.78 is 13.0. The van der Waals surface area contributed by atoms with Crippen molar-refractivity contribution in [1.29, 1.82) is 0 Å². The highest BCUT2D eigenvalue weighted by Crippen LogP contribution is 2.26. The molecule has 1 aromatic heterocycles. The van der Waals surface area contributed by atoms with Crippen LogP contribution in [0.25, 0.3) is 11.3 Å². The summed E-state index contributed by atoms with van der Waals surface area (Å²) in [5.41, 5.74) is 4.86. The summed E-state index contributed by atoms with van der Waals surface area (Å²) in [6, 6.07) is 12.1. The fourth-order valence-electron chi connectivity index (χ4n) is 3.13. The number of amides is 1. The van der Waals surface area contributed by atoms with Crippen LogP contribution in [0, 0.1) is 5.82 Å². The molecule has 25 heavy (non-hydrogen) atoms. The lowest BCUT2D eigenvalue weighted by Crippen LogP contribution is -2.13. The van der Waals surface area contributed by atoms with Crippen molar-refractivity contribution in [3.05, 3.63) is 70.4 Å². The van der Waals surface area contributed by atoms with E-state index in [9.17, 15) is 9.18 Å². The zero-order chi connectivity index (χ0) is 17.2. The number of anilines is 1. The molecule has 0 aliphatic heterocycles. The Balaban J connectivity index is 1.50. The van der Waals surface area contributed by atoms with Gasteiger partial charge in [-0.3, -0.25) is 10.1 Å². The lowest BCUT2D eigenvalue weighted by molar-refractivity contribution is 0.102. The van der Waals surface area contributed by atoms with Gasteiger partial charge in [-0.05, 0) is 73.2 Å². The first kappa shape index (κ1) is 16.0. The highest BCUT2D eigenvalue weighted by Gasteiger charge is 2.14. The molecular formula is C20H17FN2OS. The Morgan fingerprint density at radius 3 is 2.60 bits per heavy atom. The smallest absolute Gasteiger partial charge is 0.257 e. The summed E-state index contributed by atoms with van der Waals surface area (Å²) in [5, 5.41) is 5.26. The lowest BCUT2D eigenvalue weighted by Gasteiger charge is -2.16. The maximum absolute atomic E-state index is 13.0. The Kier molecular flexibility index (Phi) is 4.32. The summed E-state index contributed by atoms with van der Waals surface area (Å²) in [7, 11) is 0. The average molecular weight is 352 g/mol. The number of rotatable bonds is 3. The van der Waals surface area contributed by atoms with Crippen LogP contribution < -0.4 is 5.32 Å². The van der Waals surface area contributed by atoms with Crippen LogP contribution in [0.4, 0.5) is 9.52 Å². The predicted molar refractivity (Wildman–Crippen MR) is 98.5 cm³/mol. The molecule has 126 valence electrons. The number of nitrogens with one attached hydrogen (secondary N) is 1. The van der Waals surface area contributed by atoms with Crippen molar-refractivity contribution in [2.75, 3.05) is 5.32 Å². The van der Waals surface area contributed by atoms with Gasteiger partial charge in [-0.25, -0.2) is 9.37 Å². The van der Waals surface area contributed by atoms with Gasteiger partial charge in [-0.1, -0.05) is 6.07 Å². The molecule has 1 aliphatic carbocycles. The fourth-order valence-corrected chi connectivity index (χ4v) is 3.84. The van der Waals surface area contributed by atoms with Gasteiger partial charge in [-0.2, -0.15) is 0 Å². The minimum absolute atomic E-state index is 0.145. The van der Waals surface area contributed by atoms with Crippen LogP contribution in [0.5, 0.6) is 0 Å². The van der Waals surface area contributed by atoms with E-state index in [1.807, 2.05) is 17.5 Å². The second kappa shape index (κ2) is 6.76. The Morgan fingerprint density at radius 2 is 1.80 bits per heavy atom. The first-order chi connectivity index (χ1) is 12.2. The van der Waals surface area contributed by atoms with E-state index in [4.69, 9.17) is 0 Å². The molecule has 1 N–H and O–H groups in total. The molecule has 1 aliphatic rings. The second-order valence-electron chi connectivity index (χ2n) is 6.19. The summed E-state index contributed by atoms with van der Waals surface area (Å²) in [6.07, 6.45) is 4.56. The van der Waals surface area contributed by atoms with Crippen molar-refractivity contribution in [3.63, 3.8) is 0 Å². The van der Waals surface area contributed by atoms with Gasteiger partial charge in [0, 0.05) is 16.5 Å². The van der Waals surface area contributed by atoms with Gasteiger partial charge in [0.2, 0.25) is 0 Å². The molecule has 2 aromatic carbocycles. The minimum Gasteiger partial charge on any atom is -0.298 e. The fraction of sp³-hybridized carbons (Fsp3) is 0.200. The van der Waals surface area contributed by atoms with Crippen molar-refractivity contribution < 1.29 is 9.18 Å². The molecule has 0 saturated carbocycles. The number of benzene rings is 2. The first-order valence-electron chi connectivity index (χ1n) is 8.34. The van der Waals surface area contributed by atoms with E-state index in [1.54, 1.807) is 12.1 Å². The van der Waals surface area contributed by atoms with Gasteiger partial charge in [0.05, 0.1) is 5.69 Å². The summed E-state index contributed by atoms with van der Waals surface area (Å²) >= 11 is 1.36. The van der Waals surface area contributed by atoms with Gasteiger partial charge in [0.25, 0.3) is 5.91 Å². The van der Waals surface area contributed by atoms with Crippen LogP contribution >= 0.6 is 11.3 Å². The first-order valence-corrected chi connectivity index (χ1v) is 9.21. The number of hydrogen-bond acceptors (Lipinski definition) is 3. The predicted octanol–water partition coefficient (Wildman–Crippen LogP) is 5.08. The summed E-state index contributed by atoms with van der Waals surface area (Å²) in [5.74, 6) is -0.423. The van der Waals surface area contributed by atoms with Gasteiger partial charge in [0.15, 0.2) is 5.13 Å². The molecule has 0 bridgehead atoms. The highest BCUT2D eigenvalue weighted by molar-refractivity contribution is 7.14. The van der Waals surface area contributed by atoms with E-state index in [2.05, 4.69) is 16.4 Å². The van der Waals surface area contributed by atoms with Gasteiger partial charge in [-0.15, -0.1) is 11.3 Å². The molecule has 1 heterocycles. The normalized spacial score (nSPS) is 13.3. The number of nitrogens with zero attached hydrogens (tertiary/aromatic N) is 1. The standard InChI is InChI=1S/C20H17FN2OS/c21-17-9-7-14(8-10-17)18-12-25-20(22-18)23-19(24)16-6-5-13-3-1-2-4-15(13)11-16/h5-12H,1-4H2,(H,22,23,24). The van der Waals surface area contributed by atoms with Gasteiger partial charge in [0.1, 0.15) is 5.82 Å². The van der Waals surface area contributed by atoms with Crippen molar-refractivity contribution in [2.45, 2.75) is 25.7 Å². The molecule has 0 unspecified atom stereocenters.